The zero-order chi connectivity index (χ0) is 14.6. The Morgan fingerprint density at radius 3 is 2.58 bits per heavy atom. The van der Waals surface area contributed by atoms with Gasteiger partial charge in [0.05, 0.1) is 6.04 Å². The Labute approximate surface area is 111 Å². The molecule has 1 unspecified atom stereocenters. The van der Waals surface area contributed by atoms with Crippen LogP contribution in [0.4, 0.5) is 4.79 Å². The molecular formula is C12H19N3O4. The molecule has 1 aromatic heterocycles. The highest BCUT2D eigenvalue weighted by molar-refractivity contribution is 5.93. The van der Waals surface area contributed by atoms with E-state index in [9.17, 15) is 9.59 Å². The van der Waals surface area contributed by atoms with Crippen LogP contribution in [0.3, 0.4) is 0 Å². The molecule has 0 aliphatic carbocycles. The summed E-state index contributed by atoms with van der Waals surface area (Å²) in [4.78, 5) is 26.5. The summed E-state index contributed by atoms with van der Waals surface area (Å²) in [6, 6.07) is -0.386. The van der Waals surface area contributed by atoms with E-state index in [1.165, 1.54) is 6.39 Å². The second-order valence-corrected chi connectivity index (χ2v) is 5.28. The van der Waals surface area contributed by atoms with Crippen molar-refractivity contribution in [2.24, 2.45) is 11.1 Å². The van der Waals surface area contributed by atoms with Gasteiger partial charge in [0.1, 0.15) is 12.4 Å². The van der Waals surface area contributed by atoms with Crippen LogP contribution in [0.25, 0.3) is 0 Å². The van der Waals surface area contributed by atoms with Gasteiger partial charge in [0, 0.05) is 0 Å². The number of oxazole rings is 1. The molecule has 3 N–H and O–H groups in total. The van der Waals surface area contributed by atoms with Gasteiger partial charge in [-0.1, -0.05) is 20.8 Å². The number of aryl methyl sites for hydroxylation is 1. The van der Waals surface area contributed by atoms with Crippen LogP contribution < -0.4 is 11.1 Å². The molecule has 0 saturated heterocycles. The molecule has 1 aromatic rings. The summed E-state index contributed by atoms with van der Waals surface area (Å²) in [6.45, 7) is 7.39. The summed E-state index contributed by atoms with van der Waals surface area (Å²) in [6.07, 6.45) is 0.331. The Morgan fingerprint density at radius 2 is 2.16 bits per heavy atom. The summed E-state index contributed by atoms with van der Waals surface area (Å²) in [5, 5.41) is 2.76. The Morgan fingerprint density at radius 1 is 1.53 bits per heavy atom. The van der Waals surface area contributed by atoms with E-state index in [0.29, 0.717) is 5.76 Å². The van der Waals surface area contributed by atoms with E-state index in [-0.39, 0.29) is 29.7 Å². The minimum Gasteiger partial charge on any atom is -0.448 e. The van der Waals surface area contributed by atoms with E-state index < -0.39 is 6.09 Å². The SMILES string of the molecule is Cc1ocnc1C(=O)NC(COC(N)=O)C(C)(C)C. The van der Waals surface area contributed by atoms with Crippen molar-refractivity contribution in [1.82, 2.24) is 10.3 Å². The topological polar surface area (TPSA) is 107 Å². The number of hydrogen-bond donors (Lipinski definition) is 2. The van der Waals surface area contributed by atoms with Crippen molar-refractivity contribution < 1.29 is 18.7 Å². The van der Waals surface area contributed by atoms with Crippen molar-refractivity contribution in [3.8, 4) is 0 Å². The highest BCUT2D eigenvalue weighted by Crippen LogP contribution is 2.20. The number of aromatic nitrogens is 1. The lowest BCUT2D eigenvalue weighted by Crippen LogP contribution is -2.47. The van der Waals surface area contributed by atoms with E-state index in [4.69, 9.17) is 14.9 Å². The first kappa shape index (κ1) is 15.0. The van der Waals surface area contributed by atoms with Crippen LogP contribution in [-0.4, -0.2) is 29.6 Å². The minimum absolute atomic E-state index is 0.00146. The van der Waals surface area contributed by atoms with Crippen molar-refractivity contribution >= 4 is 12.0 Å². The highest BCUT2D eigenvalue weighted by Gasteiger charge is 2.29. The molecule has 0 saturated carbocycles. The largest absolute Gasteiger partial charge is 0.448 e. The third kappa shape index (κ3) is 4.27. The summed E-state index contributed by atoms with van der Waals surface area (Å²) in [7, 11) is 0. The molecule has 106 valence electrons. The maximum atomic E-state index is 12.0. The van der Waals surface area contributed by atoms with Crippen molar-refractivity contribution in [3.05, 3.63) is 17.8 Å². The average Bonchev–Trinajstić information content (AvgIpc) is 2.68. The van der Waals surface area contributed by atoms with Crippen LogP contribution in [-0.2, 0) is 4.74 Å². The number of primary amides is 1. The highest BCUT2D eigenvalue weighted by atomic mass is 16.5. The second kappa shape index (κ2) is 5.73. The summed E-state index contributed by atoms with van der Waals surface area (Å²) in [5.41, 5.74) is 4.85. The first-order valence-corrected chi connectivity index (χ1v) is 5.85. The lowest BCUT2D eigenvalue weighted by atomic mass is 9.87. The lowest BCUT2D eigenvalue weighted by Gasteiger charge is -2.30. The van der Waals surface area contributed by atoms with Crippen molar-refractivity contribution in [3.63, 3.8) is 0 Å². The van der Waals surface area contributed by atoms with E-state index in [1.54, 1.807) is 6.92 Å². The molecule has 0 aromatic carbocycles. The van der Waals surface area contributed by atoms with Crippen molar-refractivity contribution in [2.45, 2.75) is 33.7 Å². The molecule has 0 spiro atoms. The summed E-state index contributed by atoms with van der Waals surface area (Å²) in [5.74, 6) is 0.0558. The third-order valence-corrected chi connectivity index (χ3v) is 2.70. The van der Waals surface area contributed by atoms with Crippen LogP contribution in [0.2, 0.25) is 0 Å². The molecule has 1 atom stereocenters. The quantitative estimate of drug-likeness (QED) is 0.854. The second-order valence-electron chi connectivity index (χ2n) is 5.28. The zero-order valence-electron chi connectivity index (χ0n) is 11.5. The number of rotatable bonds is 4. The number of nitrogens with zero attached hydrogens (tertiary/aromatic N) is 1. The Hall–Kier alpha value is -2.05. The van der Waals surface area contributed by atoms with Crippen LogP contribution in [0.5, 0.6) is 0 Å². The number of carbonyl (C=O) groups excluding carboxylic acids is 2. The van der Waals surface area contributed by atoms with Gasteiger partial charge in [0.15, 0.2) is 12.1 Å². The fourth-order valence-electron chi connectivity index (χ4n) is 1.42. The van der Waals surface area contributed by atoms with Crippen molar-refractivity contribution in [2.75, 3.05) is 6.61 Å². The zero-order valence-corrected chi connectivity index (χ0v) is 11.5. The summed E-state index contributed by atoms with van der Waals surface area (Å²) >= 11 is 0. The molecule has 0 aliphatic heterocycles. The number of amides is 2. The van der Waals surface area contributed by atoms with Gasteiger partial charge in [0.25, 0.3) is 5.91 Å². The van der Waals surface area contributed by atoms with Crippen LogP contribution in [0.1, 0.15) is 37.0 Å². The van der Waals surface area contributed by atoms with Crippen molar-refractivity contribution in [1.29, 1.82) is 0 Å². The summed E-state index contributed by atoms with van der Waals surface area (Å²) < 4.78 is 9.73. The smallest absolute Gasteiger partial charge is 0.404 e. The molecule has 1 rings (SSSR count). The molecular weight excluding hydrogens is 250 g/mol. The molecule has 0 radical (unpaired) electrons. The molecule has 0 aliphatic rings. The van der Waals surface area contributed by atoms with Gasteiger partial charge in [0.2, 0.25) is 0 Å². The Balaban J connectivity index is 2.75. The van der Waals surface area contributed by atoms with Crippen LogP contribution >= 0.6 is 0 Å². The number of carbonyl (C=O) groups is 2. The Bertz CT molecular complexity index is 462. The Kier molecular flexibility index (Phi) is 4.52. The van der Waals surface area contributed by atoms with E-state index in [2.05, 4.69) is 10.3 Å². The lowest BCUT2D eigenvalue weighted by molar-refractivity contribution is 0.0798. The van der Waals surface area contributed by atoms with E-state index in [0.717, 1.165) is 0 Å². The monoisotopic (exact) mass is 269 g/mol. The first-order valence-electron chi connectivity index (χ1n) is 5.85. The molecule has 19 heavy (non-hydrogen) atoms. The number of hydrogen-bond acceptors (Lipinski definition) is 5. The fraction of sp³-hybridized carbons (Fsp3) is 0.583. The maximum Gasteiger partial charge on any atom is 0.404 e. The number of nitrogens with one attached hydrogen (secondary N) is 1. The van der Waals surface area contributed by atoms with Gasteiger partial charge in [-0.15, -0.1) is 0 Å². The first-order chi connectivity index (χ1) is 8.71. The van der Waals surface area contributed by atoms with Crippen LogP contribution in [0.15, 0.2) is 10.8 Å². The molecule has 1 heterocycles. The normalized spacial score (nSPS) is 12.8. The fourth-order valence-corrected chi connectivity index (χ4v) is 1.42. The van der Waals surface area contributed by atoms with Gasteiger partial charge in [-0.05, 0) is 12.3 Å². The maximum absolute atomic E-state index is 12.0. The van der Waals surface area contributed by atoms with Gasteiger partial charge in [-0.3, -0.25) is 4.79 Å². The van der Waals surface area contributed by atoms with Gasteiger partial charge in [-0.2, -0.15) is 0 Å². The van der Waals surface area contributed by atoms with Gasteiger partial charge >= 0.3 is 6.09 Å². The number of ether oxygens (including phenoxy) is 1. The minimum atomic E-state index is -0.874. The van der Waals surface area contributed by atoms with E-state index >= 15 is 0 Å². The predicted octanol–water partition coefficient (Wildman–Crippen LogP) is 1.22. The van der Waals surface area contributed by atoms with Gasteiger partial charge < -0.3 is 20.2 Å². The average molecular weight is 269 g/mol. The molecule has 7 heteroatoms. The molecule has 0 bridgehead atoms. The van der Waals surface area contributed by atoms with Gasteiger partial charge in [-0.25, -0.2) is 9.78 Å². The number of nitrogens with two attached hydrogens (primary N) is 1. The standard InChI is InChI=1S/C12H19N3O4/c1-7-9(14-6-19-7)10(16)15-8(12(2,3)4)5-18-11(13)17/h6,8H,5H2,1-4H3,(H2,13,17)(H,15,16). The van der Waals surface area contributed by atoms with E-state index in [1.807, 2.05) is 20.8 Å². The third-order valence-electron chi connectivity index (χ3n) is 2.70. The van der Waals surface area contributed by atoms with Crippen LogP contribution in [0, 0.1) is 12.3 Å². The predicted molar refractivity (Wildman–Crippen MR) is 67.5 cm³/mol. The molecule has 7 nitrogen and oxygen atoms in total. The molecule has 0 fully saturated rings. The molecule has 2 amide bonds.